The van der Waals surface area contributed by atoms with E-state index in [1.165, 1.54) is 25.1 Å². The van der Waals surface area contributed by atoms with Crippen molar-refractivity contribution in [1.82, 2.24) is 0 Å². The first-order valence-corrected chi connectivity index (χ1v) is 6.03. The lowest BCUT2D eigenvalue weighted by Gasteiger charge is -2.12. The predicted molar refractivity (Wildman–Crippen MR) is 72.4 cm³/mol. The zero-order chi connectivity index (χ0) is 14.0. The molecule has 0 aliphatic carbocycles. The molecule has 0 aliphatic rings. The van der Waals surface area contributed by atoms with Crippen molar-refractivity contribution in [3.05, 3.63) is 58.9 Å². The molecule has 2 rings (SSSR count). The summed E-state index contributed by atoms with van der Waals surface area (Å²) in [7, 11) is 0. The third-order valence-corrected chi connectivity index (χ3v) is 2.87. The van der Waals surface area contributed by atoms with Gasteiger partial charge < -0.3 is 4.74 Å². The maximum Gasteiger partial charge on any atom is 0.163 e. The van der Waals surface area contributed by atoms with Gasteiger partial charge in [0.25, 0.3) is 0 Å². The first-order valence-electron chi connectivity index (χ1n) is 6.03. The summed E-state index contributed by atoms with van der Waals surface area (Å²) < 4.78 is 18.9. The van der Waals surface area contributed by atoms with Gasteiger partial charge in [-0.25, -0.2) is 4.39 Å². The van der Waals surface area contributed by atoms with Gasteiger partial charge in [0.05, 0.1) is 5.56 Å². The van der Waals surface area contributed by atoms with Crippen LogP contribution in [0.3, 0.4) is 0 Å². The van der Waals surface area contributed by atoms with Gasteiger partial charge >= 0.3 is 0 Å². The molecule has 19 heavy (non-hydrogen) atoms. The second-order valence-electron chi connectivity index (χ2n) is 4.57. The van der Waals surface area contributed by atoms with Crippen LogP contribution in [0.15, 0.2) is 36.4 Å². The molecule has 0 bridgehead atoms. The van der Waals surface area contributed by atoms with Gasteiger partial charge in [-0.2, -0.15) is 0 Å². The van der Waals surface area contributed by atoms with Gasteiger partial charge in [0.1, 0.15) is 17.3 Å². The standard InChI is InChI=1S/C16H15FO2/c1-10-4-6-15(11(2)8-10)19-16-7-5-13(17)9-14(16)12(3)18/h4-9H,1-3H3. The van der Waals surface area contributed by atoms with E-state index in [4.69, 9.17) is 4.74 Å². The van der Waals surface area contributed by atoms with Crippen molar-refractivity contribution in [2.45, 2.75) is 20.8 Å². The molecule has 0 saturated heterocycles. The van der Waals surface area contributed by atoms with Crippen LogP contribution in [0.4, 0.5) is 4.39 Å². The summed E-state index contributed by atoms with van der Waals surface area (Å²) in [6, 6.07) is 9.72. The lowest BCUT2D eigenvalue weighted by atomic mass is 10.1. The third-order valence-electron chi connectivity index (χ3n) is 2.87. The van der Waals surface area contributed by atoms with Crippen LogP contribution in [0.2, 0.25) is 0 Å². The second kappa shape index (κ2) is 5.22. The van der Waals surface area contributed by atoms with E-state index >= 15 is 0 Å². The fourth-order valence-corrected chi connectivity index (χ4v) is 1.90. The number of benzene rings is 2. The Morgan fingerprint density at radius 3 is 2.37 bits per heavy atom. The van der Waals surface area contributed by atoms with Crippen molar-refractivity contribution < 1.29 is 13.9 Å². The number of aryl methyl sites for hydroxylation is 2. The molecule has 0 atom stereocenters. The Morgan fingerprint density at radius 1 is 1.05 bits per heavy atom. The number of carbonyl (C=O) groups excluding carboxylic acids is 1. The highest BCUT2D eigenvalue weighted by Gasteiger charge is 2.11. The minimum Gasteiger partial charge on any atom is -0.456 e. The van der Waals surface area contributed by atoms with E-state index < -0.39 is 5.82 Å². The molecule has 0 unspecified atom stereocenters. The van der Waals surface area contributed by atoms with E-state index in [1.807, 2.05) is 32.0 Å². The number of carbonyl (C=O) groups is 1. The van der Waals surface area contributed by atoms with Crippen LogP contribution < -0.4 is 4.74 Å². The van der Waals surface area contributed by atoms with Crippen LogP contribution in [-0.4, -0.2) is 5.78 Å². The number of halogens is 1. The van der Waals surface area contributed by atoms with Crippen molar-refractivity contribution >= 4 is 5.78 Å². The number of ether oxygens (including phenoxy) is 1. The molecule has 0 aromatic heterocycles. The van der Waals surface area contributed by atoms with Crippen molar-refractivity contribution in [1.29, 1.82) is 0 Å². The van der Waals surface area contributed by atoms with Crippen molar-refractivity contribution in [3.8, 4) is 11.5 Å². The van der Waals surface area contributed by atoms with Crippen LogP contribution in [0.5, 0.6) is 11.5 Å². The number of ketones is 1. The van der Waals surface area contributed by atoms with E-state index in [9.17, 15) is 9.18 Å². The van der Waals surface area contributed by atoms with Crippen molar-refractivity contribution in [2.24, 2.45) is 0 Å². The van der Waals surface area contributed by atoms with Gasteiger partial charge in [0.2, 0.25) is 0 Å². The summed E-state index contributed by atoms with van der Waals surface area (Å²) in [5.74, 6) is 0.373. The summed E-state index contributed by atoms with van der Waals surface area (Å²) in [6.07, 6.45) is 0. The maximum atomic E-state index is 13.2. The molecule has 0 saturated carbocycles. The van der Waals surface area contributed by atoms with Crippen LogP contribution in [0.1, 0.15) is 28.4 Å². The lowest BCUT2D eigenvalue weighted by molar-refractivity contribution is 0.101. The molecule has 2 aromatic rings. The summed E-state index contributed by atoms with van der Waals surface area (Å²) >= 11 is 0. The Bertz CT molecular complexity index is 633. The van der Waals surface area contributed by atoms with E-state index in [1.54, 1.807) is 0 Å². The largest absolute Gasteiger partial charge is 0.456 e. The fourth-order valence-electron chi connectivity index (χ4n) is 1.90. The van der Waals surface area contributed by atoms with Gasteiger partial charge in [0, 0.05) is 0 Å². The highest BCUT2D eigenvalue weighted by Crippen LogP contribution is 2.29. The maximum absolute atomic E-state index is 13.2. The normalized spacial score (nSPS) is 10.3. The quantitative estimate of drug-likeness (QED) is 0.761. The molecule has 2 aromatic carbocycles. The first-order chi connectivity index (χ1) is 8.97. The Labute approximate surface area is 111 Å². The van der Waals surface area contributed by atoms with E-state index in [-0.39, 0.29) is 11.3 Å². The average Bonchev–Trinajstić information content (AvgIpc) is 2.34. The van der Waals surface area contributed by atoms with Gasteiger partial charge in [0.15, 0.2) is 5.78 Å². The molecular weight excluding hydrogens is 243 g/mol. The van der Waals surface area contributed by atoms with E-state index in [0.29, 0.717) is 11.5 Å². The summed E-state index contributed by atoms with van der Waals surface area (Å²) in [4.78, 5) is 11.5. The topological polar surface area (TPSA) is 26.3 Å². The van der Waals surface area contributed by atoms with Crippen LogP contribution in [0.25, 0.3) is 0 Å². The molecule has 0 aliphatic heterocycles. The van der Waals surface area contributed by atoms with E-state index in [0.717, 1.165) is 11.1 Å². The zero-order valence-electron chi connectivity index (χ0n) is 11.2. The van der Waals surface area contributed by atoms with Crippen LogP contribution >= 0.6 is 0 Å². The molecule has 0 fully saturated rings. The number of hydrogen-bond donors (Lipinski definition) is 0. The molecule has 3 heteroatoms. The smallest absolute Gasteiger partial charge is 0.163 e. The molecule has 2 nitrogen and oxygen atoms in total. The number of Topliss-reactive ketones (excluding diaryl/α,β-unsaturated/α-hetero) is 1. The first kappa shape index (κ1) is 13.3. The van der Waals surface area contributed by atoms with Gasteiger partial charge in [-0.05, 0) is 50.6 Å². The van der Waals surface area contributed by atoms with E-state index in [2.05, 4.69) is 0 Å². The summed E-state index contributed by atoms with van der Waals surface area (Å²) in [6.45, 7) is 5.32. The van der Waals surface area contributed by atoms with Crippen molar-refractivity contribution in [2.75, 3.05) is 0 Å². The monoisotopic (exact) mass is 258 g/mol. The Hall–Kier alpha value is -2.16. The number of rotatable bonds is 3. The Kier molecular flexibility index (Phi) is 3.65. The third kappa shape index (κ3) is 2.99. The summed E-state index contributed by atoms with van der Waals surface area (Å²) in [5, 5.41) is 0. The van der Waals surface area contributed by atoms with Crippen LogP contribution in [0, 0.1) is 19.7 Å². The molecule has 0 N–H and O–H groups in total. The minimum absolute atomic E-state index is 0.223. The second-order valence-corrected chi connectivity index (χ2v) is 4.57. The number of hydrogen-bond acceptors (Lipinski definition) is 2. The predicted octanol–water partition coefficient (Wildman–Crippen LogP) is 4.44. The highest BCUT2D eigenvalue weighted by molar-refractivity contribution is 5.96. The molecule has 98 valence electrons. The fraction of sp³-hybridized carbons (Fsp3) is 0.188. The Morgan fingerprint density at radius 2 is 1.74 bits per heavy atom. The Balaban J connectivity index is 2.40. The highest BCUT2D eigenvalue weighted by atomic mass is 19.1. The molecular formula is C16H15FO2. The van der Waals surface area contributed by atoms with Gasteiger partial charge in [-0.15, -0.1) is 0 Å². The molecule has 0 heterocycles. The SMILES string of the molecule is CC(=O)c1cc(F)ccc1Oc1ccc(C)cc1C. The molecule has 0 radical (unpaired) electrons. The van der Waals surface area contributed by atoms with Crippen molar-refractivity contribution in [3.63, 3.8) is 0 Å². The zero-order valence-corrected chi connectivity index (χ0v) is 11.2. The van der Waals surface area contributed by atoms with Gasteiger partial charge in [-0.3, -0.25) is 4.79 Å². The molecule has 0 spiro atoms. The lowest BCUT2D eigenvalue weighted by Crippen LogP contribution is -1.99. The minimum atomic E-state index is -0.446. The van der Waals surface area contributed by atoms with Crippen LogP contribution in [-0.2, 0) is 0 Å². The summed E-state index contributed by atoms with van der Waals surface area (Å²) in [5.41, 5.74) is 2.36. The van der Waals surface area contributed by atoms with Gasteiger partial charge in [-0.1, -0.05) is 17.7 Å². The molecule has 0 amide bonds. The average molecular weight is 258 g/mol.